The number of anilines is 1. The van der Waals surface area contributed by atoms with Gasteiger partial charge in [0, 0.05) is 17.7 Å². The molecule has 0 saturated carbocycles. The van der Waals surface area contributed by atoms with Crippen molar-refractivity contribution in [1.29, 1.82) is 0 Å². The molecule has 0 amide bonds. The third-order valence-corrected chi connectivity index (χ3v) is 3.17. The Balaban J connectivity index is 2.19. The predicted molar refractivity (Wildman–Crippen MR) is 76.6 cm³/mol. The average molecular weight is 273 g/mol. The molecule has 2 aromatic rings. The number of ketones is 1. The number of benzene rings is 2. The third-order valence-electron chi connectivity index (χ3n) is 3.17. The van der Waals surface area contributed by atoms with E-state index in [2.05, 4.69) is 0 Å². The zero-order valence-electron chi connectivity index (χ0n) is 11.4. The maximum Gasteiger partial charge on any atom is 0.167 e. The van der Waals surface area contributed by atoms with Crippen molar-refractivity contribution >= 4 is 11.5 Å². The number of hydrogen-bond acceptors (Lipinski definition) is 3. The summed E-state index contributed by atoms with van der Waals surface area (Å²) in [5.74, 6) is -0.367. The van der Waals surface area contributed by atoms with Crippen molar-refractivity contribution in [2.75, 3.05) is 12.8 Å². The first-order valence-electron chi connectivity index (χ1n) is 6.23. The van der Waals surface area contributed by atoms with Gasteiger partial charge in [0.15, 0.2) is 17.3 Å². The van der Waals surface area contributed by atoms with E-state index in [0.717, 1.165) is 5.56 Å². The molecule has 20 heavy (non-hydrogen) atoms. The number of carbonyl (C=O) groups is 1. The van der Waals surface area contributed by atoms with Gasteiger partial charge in [-0.15, -0.1) is 0 Å². The van der Waals surface area contributed by atoms with Crippen LogP contribution in [0.25, 0.3) is 0 Å². The molecule has 0 aliphatic carbocycles. The second-order valence-electron chi connectivity index (χ2n) is 4.64. The summed E-state index contributed by atoms with van der Waals surface area (Å²) in [5, 5.41) is 0. The molecule has 3 nitrogen and oxygen atoms in total. The van der Waals surface area contributed by atoms with Crippen molar-refractivity contribution in [3.8, 4) is 5.75 Å². The minimum atomic E-state index is -0.466. The van der Waals surface area contributed by atoms with E-state index in [1.165, 1.54) is 19.2 Å². The van der Waals surface area contributed by atoms with Crippen LogP contribution < -0.4 is 10.5 Å². The van der Waals surface area contributed by atoms with Crippen LogP contribution in [0, 0.1) is 12.7 Å². The molecule has 0 atom stereocenters. The molecule has 0 fully saturated rings. The Morgan fingerprint density at radius 3 is 2.60 bits per heavy atom. The van der Waals surface area contributed by atoms with Gasteiger partial charge in [0.05, 0.1) is 7.11 Å². The number of Topliss-reactive ketones (excluding diaryl/α,β-unsaturated/α-hetero) is 1. The lowest BCUT2D eigenvalue weighted by Crippen LogP contribution is -2.05. The van der Waals surface area contributed by atoms with Gasteiger partial charge in [0.25, 0.3) is 0 Å². The molecular weight excluding hydrogens is 257 g/mol. The maximum atomic E-state index is 13.6. The van der Waals surface area contributed by atoms with Crippen LogP contribution in [-0.4, -0.2) is 12.9 Å². The number of aryl methyl sites for hydroxylation is 1. The minimum absolute atomic E-state index is 0.0716. The van der Waals surface area contributed by atoms with E-state index in [0.29, 0.717) is 16.8 Å². The number of carbonyl (C=O) groups excluding carboxylic acids is 1. The molecule has 0 aromatic heterocycles. The summed E-state index contributed by atoms with van der Waals surface area (Å²) >= 11 is 0. The van der Waals surface area contributed by atoms with E-state index >= 15 is 0 Å². The minimum Gasteiger partial charge on any atom is -0.494 e. The number of rotatable bonds is 4. The highest BCUT2D eigenvalue weighted by molar-refractivity contribution is 5.98. The van der Waals surface area contributed by atoms with Gasteiger partial charge in [-0.25, -0.2) is 4.39 Å². The van der Waals surface area contributed by atoms with Crippen molar-refractivity contribution in [3.05, 3.63) is 58.9 Å². The second kappa shape index (κ2) is 5.74. The van der Waals surface area contributed by atoms with Crippen LogP contribution in [0.1, 0.15) is 21.5 Å². The smallest absolute Gasteiger partial charge is 0.167 e. The molecule has 4 heteroatoms. The normalized spacial score (nSPS) is 10.3. The second-order valence-corrected chi connectivity index (χ2v) is 4.64. The summed E-state index contributed by atoms with van der Waals surface area (Å²) in [7, 11) is 1.40. The Morgan fingerprint density at radius 2 is 2.00 bits per heavy atom. The first-order valence-corrected chi connectivity index (χ1v) is 6.23. The number of halogens is 1. The average Bonchev–Trinajstić information content (AvgIpc) is 2.42. The Morgan fingerprint density at radius 1 is 1.25 bits per heavy atom. The molecule has 0 radical (unpaired) electrons. The fourth-order valence-corrected chi connectivity index (χ4v) is 1.96. The van der Waals surface area contributed by atoms with E-state index in [1.807, 2.05) is 6.92 Å². The topological polar surface area (TPSA) is 52.3 Å². The van der Waals surface area contributed by atoms with Crippen molar-refractivity contribution < 1.29 is 13.9 Å². The summed E-state index contributed by atoms with van der Waals surface area (Å²) in [6.45, 7) is 1.85. The fourth-order valence-electron chi connectivity index (χ4n) is 1.96. The maximum absolute atomic E-state index is 13.6. The summed E-state index contributed by atoms with van der Waals surface area (Å²) in [5.41, 5.74) is 8.42. The van der Waals surface area contributed by atoms with Crippen LogP contribution in [0.5, 0.6) is 5.75 Å². The molecule has 104 valence electrons. The summed E-state index contributed by atoms with van der Waals surface area (Å²) in [4.78, 5) is 12.1. The summed E-state index contributed by atoms with van der Waals surface area (Å²) in [6, 6.07) is 9.66. The Hall–Kier alpha value is -2.36. The number of nitrogen functional groups attached to an aromatic ring is 1. The third kappa shape index (κ3) is 2.96. The summed E-state index contributed by atoms with van der Waals surface area (Å²) in [6.07, 6.45) is 0.143. The lowest BCUT2D eigenvalue weighted by molar-refractivity contribution is 0.0993. The van der Waals surface area contributed by atoms with E-state index in [4.69, 9.17) is 10.5 Å². The van der Waals surface area contributed by atoms with Gasteiger partial charge in [-0.1, -0.05) is 6.07 Å². The van der Waals surface area contributed by atoms with Gasteiger partial charge in [0.2, 0.25) is 0 Å². The lowest BCUT2D eigenvalue weighted by atomic mass is 10.0. The highest BCUT2D eigenvalue weighted by atomic mass is 19.1. The molecule has 0 aliphatic heterocycles. The number of nitrogens with two attached hydrogens (primary N) is 1. The molecule has 2 N–H and O–H groups in total. The highest BCUT2D eigenvalue weighted by Crippen LogP contribution is 2.19. The fraction of sp³-hybridized carbons (Fsp3) is 0.188. The molecule has 0 spiro atoms. The van der Waals surface area contributed by atoms with Crippen LogP contribution in [-0.2, 0) is 6.42 Å². The standard InChI is InChI=1S/C16H16FNO2/c1-10-7-12(4-5-14(10)18)15(19)9-11-3-6-16(20-2)13(17)8-11/h3-8H,9,18H2,1-2H3. The number of hydrogen-bond donors (Lipinski definition) is 1. The summed E-state index contributed by atoms with van der Waals surface area (Å²) < 4.78 is 18.4. The molecular formula is C16H16FNO2. The van der Waals surface area contributed by atoms with Crippen LogP contribution >= 0.6 is 0 Å². The molecule has 0 unspecified atom stereocenters. The zero-order chi connectivity index (χ0) is 14.7. The van der Waals surface area contributed by atoms with E-state index < -0.39 is 5.82 Å². The van der Waals surface area contributed by atoms with Crippen LogP contribution in [0.3, 0.4) is 0 Å². The van der Waals surface area contributed by atoms with Crippen molar-refractivity contribution in [1.82, 2.24) is 0 Å². The molecule has 2 aromatic carbocycles. The number of ether oxygens (including phenoxy) is 1. The van der Waals surface area contributed by atoms with Gasteiger partial charge < -0.3 is 10.5 Å². The van der Waals surface area contributed by atoms with E-state index in [1.54, 1.807) is 24.3 Å². The monoisotopic (exact) mass is 273 g/mol. The van der Waals surface area contributed by atoms with Crippen LogP contribution in [0.4, 0.5) is 10.1 Å². The number of methoxy groups -OCH3 is 1. The zero-order valence-corrected chi connectivity index (χ0v) is 11.4. The predicted octanol–water partition coefficient (Wildman–Crippen LogP) is 3.15. The van der Waals surface area contributed by atoms with Crippen LogP contribution in [0.2, 0.25) is 0 Å². The molecule has 0 heterocycles. The van der Waals surface area contributed by atoms with Gasteiger partial charge in [0.1, 0.15) is 0 Å². The quantitative estimate of drug-likeness (QED) is 0.687. The molecule has 0 saturated heterocycles. The first-order chi connectivity index (χ1) is 9.51. The molecule has 0 aliphatic rings. The van der Waals surface area contributed by atoms with Gasteiger partial charge in [-0.3, -0.25) is 4.79 Å². The van der Waals surface area contributed by atoms with Crippen molar-refractivity contribution in [3.63, 3.8) is 0 Å². The van der Waals surface area contributed by atoms with Gasteiger partial charge in [-0.05, 0) is 48.4 Å². The lowest BCUT2D eigenvalue weighted by Gasteiger charge is -2.06. The molecule has 0 bridgehead atoms. The highest BCUT2D eigenvalue weighted by Gasteiger charge is 2.10. The Bertz CT molecular complexity index is 653. The Labute approximate surface area is 117 Å². The van der Waals surface area contributed by atoms with Crippen molar-refractivity contribution in [2.24, 2.45) is 0 Å². The van der Waals surface area contributed by atoms with Crippen molar-refractivity contribution in [2.45, 2.75) is 13.3 Å². The van der Waals surface area contributed by atoms with E-state index in [9.17, 15) is 9.18 Å². The molecule has 2 rings (SSSR count). The SMILES string of the molecule is COc1ccc(CC(=O)c2ccc(N)c(C)c2)cc1F. The first kappa shape index (κ1) is 14.1. The Kier molecular flexibility index (Phi) is 4.03. The van der Waals surface area contributed by atoms with E-state index in [-0.39, 0.29) is 18.0 Å². The van der Waals surface area contributed by atoms with Crippen LogP contribution in [0.15, 0.2) is 36.4 Å². The van der Waals surface area contributed by atoms with Gasteiger partial charge >= 0.3 is 0 Å². The largest absolute Gasteiger partial charge is 0.494 e. The van der Waals surface area contributed by atoms with Gasteiger partial charge in [-0.2, -0.15) is 0 Å².